The number of rotatable bonds is 2. The lowest BCUT2D eigenvalue weighted by Gasteiger charge is -2.47. The molecule has 5 heteroatoms. The van der Waals surface area contributed by atoms with Gasteiger partial charge in [0.25, 0.3) is 0 Å². The quantitative estimate of drug-likeness (QED) is 0.699. The normalized spacial score (nSPS) is 23.0. The molecule has 0 spiro atoms. The minimum Gasteiger partial charge on any atom is -0.328 e. The molecule has 0 bridgehead atoms. The second kappa shape index (κ2) is 5.01. The number of hydrogen-bond donors (Lipinski definition) is 1. The fraction of sp³-hybridized carbons (Fsp3) is 0.909. The maximum atomic E-state index is 11.8. The number of carbonyl (C=O) groups is 1. The average Bonchev–Trinajstić information content (AvgIpc) is 2.27. The van der Waals surface area contributed by atoms with Gasteiger partial charge in [-0.1, -0.05) is 0 Å². The molecule has 0 aliphatic carbocycles. The van der Waals surface area contributed by atoms with E-state index in [2.05, 4.69) is 10.2 Å². The smallest absolute Gasteiger partial charge is 0.319 e. The SMILES string of the molecule is CCN(C)C(=O)N1CC(N2CCNCC2)C1. The molecule has 0 unspecified atom stereocenters. The molecule has 0 aromatic rings. The van der Waals surface area contributed by atoms with Crippen molar-refractivity contribution in [2.75, 3.05) is 52.9 Å². The van der Waals surface area contributed by atoms with Gasteiger partial charge in [-0.3, -0.25) is 4.90 Å². The Morgan fingerprint density at radius 2 is 2.00 bits per heavy atom. The average molecular weight is 226 g/mol. The zero-order valence-electron chi connectivity index (χ0n) is 10.3. The maximum Gasteiger partial charge on any atom is 0.319 e. The third-order valence-corrected chi connectivity index (χ3v) is 3.60. The Kier molecular flexibility index (Phi) is 3.66. The maximum absolute atomic E-state index is 11.8. The van der Waals surface area contributed by atoms with Crippen LogP contribution in [0.5, 0.6) is 0 Å². The molecule has 2 rings (SSSR count). The number of nitrogens with one attached hydrogen (secondary N) is 1. The van der Waals surface area contributed by atoms with Crippen LogP contribution in [0, 0.1) is 0 Å². The van der Waals surface area contributed by atoms with Gasteiger partial charge in [0.05, 0.1) is 0 Å². The number of likely N-dealkylation sites (tertiary alicyclic amines) is 1. The molecule has 92 valence electrons. The van der Waals surface area contributed by atoms with E-state index in [0.29, 0.717) is 6.04 Å². The molecule has 2 saturated heterocycles. The highest BCUT2D eigenvalue weighted by molar-refractivity contribution is 5.75. The molecule has 0 saturated carbocycles. The van der Waals surface area contributed by atoms with E-state index in [0.717, 1.165) is 45.8 Å². The Balaban J connectivity index is 1.74. The van der Waals surface area contributed by atoms with Crippen molar-refractivity contribution in [3.05, 3.63) is 0 Å². The first-order valence-electron chi connectivity index (χ1n) is 6.17. The minimum atomic E-state index is 0.175. The van der Waals surface area contributed by atoms with Crippen molar-refractivity contribution in [3.8, 4) is 0 Å². The summed E-state index contributed by atoms with van der Waals surface area (Å²) in [5, 5.41) is 3.35. The molecule has 0 aromatic carbocycles. The fourth-order valence-electron chi connectivity index (χ4n) is 2.27. The predicted octanol–water partition coefficient (Wildman–Crippen LogP) is -0.352. The van der Waals surface area contributed by atoms with Crippen molar-refractivity contribution in [3.63, 3.8) is 0 Å². The van der Waals surface area contributed by atoms with E-state index in [-0.39, 0.29) is 6.03 Å². The number of urea groups is 1. The Labute approximate surface area is 97.4 Å². The van der Waals surface area contributed by atoms with Crippen molar-refractivity contribution in [1.29, 1.82) is 0 Å². The molecular weight excluding hydrogens is 204 g/mol. The monoisotopic (exact) mass is 226 g/mol. The summed E-state index contributed by atoms with van der Waals surface area (Å²) in [6, 6.07) is 0.769. The van der Waals surface area contributed by atoms with Crippen molar-refractivity contribution < 1.29 is 4.79 Å². The number of hydrogen-bond acceptors (Lipinski definition) is 3. The molecule has 0 atom stereocenters. The first-order valence-corrected chi connectivity index (χ1v) is 6.17. The van der Waals surface area contributed by atoms with E-state index in [1.165, 1.54) is 0 Å². The van der Waals surface area contributed by atoms with Crippen molar-refractivity contribution in [2.45, 2.75) is 13.0 Å². The zero-order valence-corrected chi connectivity index (χ0v) is 10.3. The van der Waals surface area contributed by atoms with Gasteiger partial charge in [0.1, 0.15) is 0 Å². The molecule has 2 amide bonds. The summed E-state index contributed by atoms with van der Waals surface area (Å²) < 4.78 is 0. The molecule has 0 radical (unpaired) electrons. The van der Waals surface area contributed by atoms with Gasteiger partial charge >= 0.3 is 6.03 Å². The summed E-state index contributed by atoms with van der Waals surface area (Å²) >= 11 is 0. The van der Waals surface area contributed by atoms with Gasteiger partial charge in [0.15, 0.2) is 0 Å². The summed E-state index contributed by atoms with van der Waals surface area (Å²) in [6.45, 7) is 9.01. The Morgan fingerprint density at radius 1 is 1.38 bits per heavy atom. The van der Waals surface area contributed by atoms with Crippen LogP contribution in [-0.4, -0.2) is 79.6 Å². The topological polar surface area (TPSA) is 38.8 Å². The van der Waals surface area contributed by atoms with Gasteiger partial charge in [-0.2, -0.15) is 0 Å². The highest BCUT2D eigenvalue weighted by Gasteiger charge is 2.35. The van der Waals surface area contributed by atoms with Crippen molar-refractivity contribution in [1.82, 2.24) is 20.0 Å². The summed E-state index contributed by atoms with van der Waals surface area (Å²) in [6.07, 6.45) is 0. The van der Waals surface area contributed by atoms with Gasteiger partial charge in [-0.25, -0.2) is 4.79 Å². The zero-order chi connectivity index (χ0) is 11.5. The van der Waals surface area contributed by atoms with Crippen LogP contribution >= 0.6 is 0 Å². The molecule has 16 heavy (non-hydrogen) atoms. The van der Waals surface area contributed by atoms with E-state index < -0.39 is 0 Å². The largest absolute Gasteiger partial charge is 0.328 e. The van der Waals surface area contributed by atoms with E-state index in [1.54, 1.807) is 4.90 Å². The molecule has 2 heterocycles. The fourth-order valence-corrected chi connectivity index (χ4v) is 2.27. The Morgan fingerprint density at radius 3 is 2.56 bits per heavy atom. The van der Waals surface area contributed by atoms with E-state index in [9.17, 15) is 4.79 Å². The summed E-state index contributed by atoms with van der Waals surface area (Å²) in [5.74, 6) is 0. The number of amides is 2. The van der Waals surface area contributed by atoms with Crippen molar-refractivity contribution >= 4 is 6.03 Å². The molecule has 5 nitrogen and oxygen atoms in total. The molecular formula is C11H22N4O. The first-order chi connectivity index (χ1) is 7.72. The van der Waals surface area contributed by atoms with E-state index in [4.69, 9.17) is 0 Å². The van der Waals surface area contributed by atoms with Crippen LogP contribution < -0.4 is 5.32 Å². The van der Waals surface area contributed by atoms with E-state index in [1.807, 2.05) is 18.9 Å². The lowest BCUT2D eigenvalue weighted by atomic mass is 10.1. The summed E-state index contributed by atoms with van der Waals surface area (Å²) in [4.78, 5) is 18.0. The second-order valence-electron chi connectivity index (χ2n) is 4.64. The Hall–Kier alpha value is -0.810. The van der Waals surface area contributed by atoms with Gasteiger partial charge in [-0.05, 0) is 6.92 Å². The van der Waals surface area contributed by atoms with Crippen LogP contribution in [-0.2, 0) is 0 Å². The minimum absolute atomic E-state index is 0.175. The lowest BCUT2D eigenvalue weighted by molar-refractivity contribution is 0.0394. The van der Waals surface area contributed by atoms with Gasteiger partial charge < -0.3 is 15.1 Å². The number of piperazine rings is 1. The van der Waals surface area contributed by atoms with Crippen LogP contribution in [0.15, 0.2) is 0 Å². The first kappa shape index (κ1) is 11.7. The van der Waals surface area contributed by atoms with Gasteiger partial charge in [0.2, 0.25) is 0 Å². The van der Waals surface area contributed by atoms with Crippen LogP contribution in [0.2, 0.25) is 0 Å². The standard InChI is InChI=1S/C11H22N4O/c1-3-13(2)11(16)15-8-10(9-15)14-6-4-12-5-7-14/h10,12H,3-9H2,1-2H3. The predicted molar refractivity (Wildman–Crippen MR) is 63.5 cm³/mol. The molecule has 0 aromatic heterocycles. The molecule has 2 aliphatic rings. The molecule has 2 aliphatic heterocycles. The van der Waals surface area contributed by atoms with Gasteiger partial charge in [0, 0.05) is 58.9 Å². The molecule has 2 fully saturated rings. The van der Waals surface area contributed by atoms with Crippen LogP contribution in [0.4, 0.5) is 4.79 Å². The Bertz CT molecular complexity index is 246. The third-order valence-electron chi connectivity index (χ3n) is 3.60. The summed E-state index contributed by atoms with van der Waals surface area (Å²) in [7, 11) is 1.86. The second-order valence-corrected chi connectivity index (χ2v) is 4.64. The number of nitrogens with zero attached hydrogens (tertiary/aromatic N) is 3. The van der Waals surface area contributed by atoms with E-state index >= 15 is 0 Å². The van der Waals surface area contributed by atoms with Crippen molar-refractivity contribution in [2.24, 2.45) is 0 Å². The van der Waals surface area contributed by atoms with Crippen LogP contribution in [0.3, 0.4) is 0 Å². The highest BCUT2D eigenvalue weighted by atomic mass is 16.2. The lowest BCUT2D eigenvalue weighted by Crippen LogP contribution is -2.65. The van der Waals surface area contributed by atoms with Crippen LogP contribution in [0.1, 0.15) is 6.92 Å². The van der Waals surface area contributed by atoms with Gasteiger partial charge in [-0.15, -0.1) is 0 Å². The van der Waals surface area contributed by atoms with Crippen LogP contribution in [0.25, 0.3) is 0 Å². The third kappa shape index (κ3) is 2.30. The number of carbonyl (C=O) groups excluding carboxylic acids is 1. The highest BCUT2D eigenvalue weighted by Crippen LogP contribution is 2.16. The molecule has 1 N–H and O–H groups in total. The summed E-state index contributed by atoms with van der Waals surface area (Å²) in [5.41, 5.74) is 0.